The SMILES string of the molecule is Cc1cc(COc2ccc(Cl)cc2C)c(C)c(C2C(C#N)=C(N)N(c3ccc(Cl)c([N+](=O)[O-])c3)C3=C2C(=O)CCC3)c1. The Morgan fingerprint density at radius 3 is 2.57 bits per heavy atom. The van der Waals surface area contributed by atoms with Gasteiger partial charge in [-0.2, -0.15) is 5.26 Å². The van der Waals surface area contributed by atoms with Crippen molar-refractivity contribution in [1.82, 2.24) is 0 Å². The predicted octanol–water partition coefficient (Wildman–Crippen LogP) is 7.71. The quantitative estimate of drug-likeness (QED) is 0.226. The molecule has 0 amide bonds. The number of nitro benzene ring substituents is 1. The van der Waals surface area contributed by atoms with Crippen molar-refractivity contribution in [2.45, 2.75) is 52.6 Å². The number of benzene rings is 3. The molecule has 3 aromatic rings. The summed E-state index contributed by atoms with van der Waals surface area (Å²) in [6.45, 7) is 6.11. The van der Waals surface area contributed by atoms with Crippen LogP contribution in [0.25, 0.3) is 0 Å². The van der Waals surface area contributed by atoms with Gasteiger partial charge in [0, 0.05) is 28.8 Å². The van der Waals surface area contributed by atoms with E-state index in [0.717, 1.165) is 27.8 Å². The first-order chi connectivity index (χ1) is 20.0. The normalized spacial score (nSPS) is 16.8. The van der Waals surface area contributed by atoms with Crippen LogP contribution in [0.4, 0.5) is 11.4 Å². The molecular weight excluding hydrogens is 575 g/mol. The number of carbonyl (C=O) groups is 1. The molecule has 2 N–H and O–H groups in total. The van der Waals surface area contributed by atoms with Gasteiger partial charge in [-0.05, 0) is 86.2 Å². The van der Waals surface area contributed by atoms with E-state index in [0.29, 0.717) is 47.0 Å². The molecule has 2 aliphatic rings. The summed E-state index contributed by atoms with van der Waals surface area (Å²) in [5, 5.41) is 22.7. The number of hydrogen-bond acceptors (Lipinski definition) is 7. The van der Waals surface area contributed by atoms with Gasteiger partial charge < -0.3 is 10.5 Å². The van der Waals surface area contributed by atoms with Crippen LogP contribution in [-0.4, -0.2) is 10.7 Å². The summed E-state index contributed by atoms with van der Waals surface area (Å²) in [4.78, 5) is 26.3. The van der Waals surface area contributed by atoms with E-state index < -0.39 is 10.8 Å². The number of nitro groups is 1. The van der Waals surface area contributed by atoms with Crippen molar-refractivity contribution >= 4 is 40.4 Å². The van der Waals surface area contributed by atoms with Gasteiger partial charge in [-0.25, -0.2) is 0 Å². The molecular formula is C32H28Cl2N4O4. The summed E-state index contributed by atoms with van der Waals surface area (Å²) < 4.78 is 6.16. The lowest BCUT2D eigenvalue weighted by Gasteiger charge is -2.40. The molecule has 214 valence electrons. The molecule has 0 bridgehead atoms. The zero-order valence-corrected chi connectivity index (χ0v) is 24.8. The lowest BCUT2D eigenvalue weighted by atomic mass is 9.73. The third kappa shape index (κ3) is 5.22. The van der Waals surface area contributed by atoms with Crippen LogP contribution in [0.1, 0.15) is 53.0 Å². The van der Waals surface area contributed by atoms with Gasteiger partial charge in [-0.15, -0.1) is 0 Å². The number of hydrogen-bond donors (Lipinski definition) is 1. The fourth-order valence-electron chi connectivity index (χ4n) is 5.82. The smallest absolute Gasteiger partial charge is 0.289 e. The first-order valence-corrected chi connectivity index (χ1v) is 14.2. The fraction of sp³-hybridized carbons (Fsp3) is 0.250. The number of Topliss-reactive ketones (excluding diaryl/α,β-unsaturated/α-hetero) is 1. The Labute approximate surface area is 253 Å². The molecule has 8 nitrogen and oxygen atoms in total. The van der Waals surface area contributed by atoms with Gasteiger partial charge in [-0.1, -0.05) is 40.9 Å². The van der Waals surface area contributed by atoms with E-state index in [1.54, 1.807) is 17.0 Å². The molecule has 10 heteroatoms. The molecule has 1 aliphatic heterocycles. The molecule has 42 heavy (non-hydrogen) atoms. The zero-order chi connectivity index (χ0) is 30.3. The van der Waals surface area contributed by atoms with E-state index in [1.165, 1.54) is 12.1 Å². The number of aryl methyl sites for hydroxylation is 2. The number of anilines is 1. The summed E-state index contributed by atoms with van der Waals surface area (Å²) in [5.41, 5.74) is 12.6. The maximum Gasteiger partial charge on any atom is 0.289 e. The van der Waals surface area contributed by atoms with E-state index in [9.17, 15) is 20.2 Å². The standard InChI is InChI=1S/C32H28Cl2N4O4/c1-17-11-20(16-42-29-10-7-21(33)13-18(29)2)19(3)23(12-17)30-24(15-35)32(36)37(26-5-4-6-28(39)31(26)30)22-8-9-25(34)27(14-22)38(40)41/h7-14,30H,4-6,16,36H2,1-3H3. The van der Waals surface area contributed by atoms with Gasteiger partial charge in [0.05, 0.1) is 28.2 Å². The van der Waals surface area contributed by atoms with Crippen molar-refractivity contribution in [2.75, 3.05) is 4.90 Å². The van der Waals surface area contributed by atoms with Crippen LogP contribution in [0.2, 0.25) is 10.0 Å². The third-order valence-corrected chi connectivity index (χ3v) is 8.38. The van der Waals surface area contributed by atoms with Crippen LogP contribution in [0.5, 0.6) is 5.75 Å². The second-order valence-corrected chi connectivity index (χ2v) is 11.4. The van der Waals surface area contributed by atoms with Crippen molar-refractivity contribution in [3.05, 3.63) is 119 Å². The maximum atomic E-state index is 13.6. The fourth-order valence-corrected chi connectivity index (χ4v) is 6.23. The highest BCUT2D eigenvalue weighted by Crippen LogP contribution is 2.48. The summed E-state index contributed by atoms with van der Waals surface area (Å²) >= 11 is 12.2. The third-order valence-electron chi connectivity index (χ3n) is 7.83. The summed E-state index contributed by atoms with van der Waals surface area (Å²) in [6.07, 6.45) is 1.45. The van der Waals surface area contributed by atoms with E-state index in [-0.39, 0.29) is 34.5 Å². The predicted molar refractivity (Wildman–Crippen MR) is 162 cm³/mol. The number of rotatable bonds is 6. The number of nitrogens with two attached hydrogens (primary N) is 1. The van der Waals surface area contributed by atoms with E-state index in [2.05, 4.69) is 6.07 Å². The lowest BCUT2D eigenvalue weighted by Crippen LogP contribution is -2.39. The molecule has 0 aromatic heterocycles. The number of nitriles is 1. The number of halogens is 2. The average molecular weight is 604 g/mol. The Bertz CT molecular complexity index is 1760. The van der Waals surface area contributed by atoms with Gasteiger partial charge in [0.1, 0.15) is 23.2 Å². The first kappa shape index (κ1) is 29.2. The number of allylic oxidation sites excluding steroid dienone is 3. The number of ether oxygens (including phenoxy) is 1. The second-order valence-electron chi connectivity index (χ2n) is 10.5. The summed E-state index contributed by atoms with van der Waals surface area (Å²) in [6, 6.07) is 16.1. The Morgan fingerprint density at radius 1 is 1.12 bits per heavy atom. The molecule has 1 atom stereocenters. The Balaban J connectivity index is 1.64. The zero-order valence-electron chi connectivity index (χ0n) is 23.3. The van der Waals surface area contributed by atoms with Crippen molar-refractivity contribution in [1.29, 1.82) is 5.26 Å². The monoisotopic (exact) mass is 602 g/mol. The minimum Gasteiger partial charge on any atom is -0.489 e. The Morgan fingerprint density at radius 2 is 1.88 bits per heavy atom. The Kier molecular flexibility index (Phi) is 8.00. The van der Waals surface area contributed by atoms with Gasteiger partial charge in [0.15, 0.2) is 5.78 Å². The summed E-state index contributed by atoms with van der Waals surface area (Å²) in [7, 11) is 0. The van der Waals surface area contributed by atoms with Crippen molar-refractivity contribution < 1.29 is 14.5 Å². The molecule has 1 aliphatic carbocycles. The molecule has 0 saturated carbocycles. The molecule has 5 rings (SSSR count). The van der Waals surface area contributed by atoms with Crippen LogP contribution >= 0.6 is 23.2 Å². The van der Waals surface area contributed by atoms with Crippen LogP contribution in [-0.2, 0) is 11.4 Å². The second kappa shape index (κ2) is 11.5. The van der Waals surface area contributed by atoms with E-state index >= 15 is 0 Å². The summed E-state index contributed by atoms with van der Waals surface area (Å²) in [5.74, 6) is 0.0716. The molecule has 0 saturated heterocycles. The number of ketones is 1. The average Bonchev–Trinajstić information content (AvgIpc) is 2.94. The number of carbonyl (C=O) groups excluding carboxylic acids is 1. The molecule has 0 radical (unpaired) electrons. The topological polar surface area (TPSA) is 122 Å². The molecule has 3 aromatic carbocycles. The first-order valence-electron chi connectivity index (χ1n) is 13.4. The van der Waals surface area contributed by atoms with Crippen LogP contribution in [0, 0.1) is 42.2 Å². The van der Waals surface area contributed by atoms with Crippen LogP contribution in [0.3, 0.4) is 0 Å². The highest BCUT2D eigenvalue weighted by Gasteiger charge is 2.41. The van der Waals surface area contributed by atoms with Crippen LogP contribution < -0.4 is 15.4 Å². The molecule has 1 heterocycles. The molecule has 1 unspecified atom stereocenters. The maximum absolute atomic E-state index is 13.6. The number of nitrogens with zero attached hydrogens (tertiary/aromatic N) is 3. The van der Waals surface area contributed by atoms with Gasteiger partial charge >= 0.3 is 0 Å². The highest BCUT2D eigenvalue weighted by atomic mass is 35.5. The Hall–Kier alpha value is -4.32. The minimum atomic E-state index is -0.688. The van der Waals surface area contributed by atoms with Gasteiger partial charge in [-0.3, -0.25) is 19.8 Å². The van der Waals surface area contributed by atoms with Gasteiger partial charge in [0.25, 0.3) is 5.69 Å². The molecule has 0 spiro atoms. The van der Waals surface area contributed by atoms with E-state index in [1.807, 2.05) is 45.0 Å². The molecule has 0 fully saturated rings. The van der Waals surface area contributed by atoms with Crippen molar-refractivity contribution in [3.8, 4) is 11.8 Å². The largest absolute Gasteiger partial charge is 0.489 e. The van der Waals surface area contributed by atoms with Gasteiger partial charge in [0.2, 0.25) is 0 Å². The lowest BCUT2D eigenvalue weighted by molar-refractivity contribution is -0.384. The van der Waals surface area contributed by atoms with Crippen LogP contribution in [0.15, 0.2) is 71.2 Å². The van der Waals surface area contributed by atoms with Crippen molar-refractivity contribution in [2.24, 2.45) is 5.73 Å². The minimum absolute atomic E-state index is 0.0189. The van der Waals surface area contributed by atoms with Crippen molar-refractivity contribution in [3.63, 3.8) is 0 Å². The highest BCUT2D eigenvalue weighted by molar-refractivity contribution is 6.32. The van der Waals surface area contributed by atoms with E-state index in [4.69, 9.17) is 33.7 Å².